The van der Waals surface area contributed by atoms with Gasteiger partial charge in [-0.2, -0.15) is 0 Å². The maximum absolute atomic E-state index is 11.4. The first-order chi connectivity index (χ1) is 14.1. The monoisotopic (exact) mass is 447 g/mol. The molecule has 10 nitrogen and oxygen atoms in total. The Bertz CT molecular complexity index is 1210. The molecule has 2 aromatic carbocycles. The van der Waals surface area contributed by atoms with Gasteiger partial charge in [0.15, 0.2) is 5.13 Å². The van der Waals surface area contributed by atoms with Crippen LogP contribution >= 0.6 is 11.3 Å². The number of nitro benzene ring substituents is 1. The van der Waals surface area contributed by atoms with Crippen LogP contribution in [0.4, 0.5) is 16.5 Å². The van der Waals surface area contributed by atoms with E-state index in [0.717, 1.165) is 17.2 Å². The zero-order chi connectivity index (χ0) is 21.9. The van der Waals surface area contributed by atoms with Gasteiger partial charge < -0.3 is 10.6 Å². The third-order valence-corrected chi connectivity index (χ3v) is 5.70. The zero-order valence-corrected chi connectivity index (χ0v) is 17.3. The summed E-state index contributed by atoms with van der Waals surface area (Å²) in [5.74, 6) is -0.111. The molecule has 0 unspecified atom stereocenters. The van der Waals surface area contributed by atoms with E-state index >= 15 is 0 Å². The van der Waals surface area contributed by atoms with Gasteiger partial charge in [0.1, 0.15) is 5.69 Å². The molecule has 0 atom stereocenters. The van der Waals surface area contributed by atoms with Crippen LogP contribution in [-0.4, -0.2) is 24.2 Å². The van der Waals surface area contributed by atoms with Crippen LogP contribution in [0.2, 0.25) is 0 Å². The van der Waals surface area contributed by atoms with Crippen LogP contribution in [0.5, 0.6) is 0 Å². The summed E-state index contributed by atoms with van der Waals surface area (Å²) in [5.41, 5.74) is 2.11. The lowest BCUT2D eigenvalue weighted by Crippen LogP contribution is -2.18. The SMILES string of the molecule is CC(=O)NCc1ccc(-c2csc(Nc3ccc(S(N)(=O)=O)cc3[N+](=O)[O-])n2)cc1. The van der Waals surface area contributed by atoms with E-state index in [0.29, 0.717) is 17.4 Å². The minimum atomic E-state index is -4.06. The van der Waals surface area contributed by atoms with Crippen molar-refractivity contribution in [2.45, 2.75) is 18.4 Å². The molecule has 0 aliphatic rings. The summed E-state index contributed by atoms with van der Waals surface area (Å²) < 4.78 is 22.9. The number of carbonyl (C=O) groups excluding carboxylic acids is 1. The molecule has 1 heterocycles. The Morgan fingerprint density at radius 3 is 2.53 bits per heavy atom. The van der Waals surface area contributed by atoms with E-state index in [2.05, 4.69) is 15.6 Å². The smallest absolute Gasteiger partial charge is 0.294 e. The molecule has 0 aliphatic carbocycles. The van der Waals surface area contributed by atoms with Crippen molar-refractivity contribution >= 4 is 43.8 Å². The van der Waals surface area contributed by atoms with Gasteiger partial charge >= 0.3 is 0 Å². The van der Waals surface area contributed by atoms with E-state index < -0.39 is 20.6 Å². The number of benzene rings is 2. The predicted molar refractivity (Wildman–Crippen MR) is 113 cm³/mol. The summed E-state index contributed by atoms with van der Waals surface area (Å²) in [6.45, 7) is 1.88. The van der Waals surface area contributed by atoms with E-state index in [9.17, 15) is 23.3 Å². The number of aromatic nitrogens is 1. The number of nitrogens with zero attached hydrogens (tertiary/aromatic N) is 2. The van der Waals surface area contributed by atoms with Crippen LogP contribution in [0.1, 0.15) is 12.5 Å². The number of thiazole rings is 1. The molecule has 0 saturated carbocycles. The van der Waals surface area contributed by atoms with Gasteiger partial charge in [-0.05, 0) is 17.7 Å². The van der Waals surface area contributed by atoms with E-state index in [-0.39, 0.29) is 16.5 Å². The summed E-state index contributed by atoms with van der Waals surface area (Å²) in [6, 6.07) is 10.8. The molecule has 0 saturated heterocycles. The minimum absolute atomic E-state index is 0.0963. The first kappa shape index (κ1) is 21.4. The maximum Gasteiger partial charge on any atom is 0.294 e. The normalized spacial score (nSPS) is 11.1. The predicted octanol–water partition coefficient (Wildman–Crippen LogP) is 2.75. The molecular weight excluding hydrogens is 430 g/mol. The first-order valence-corrected chi connectivity index (χ1v) is 10.9. The molecule has 0 radical (unpaired) electrons. The van der Waals surface area contributed by atoms with E-state index in [4.69, 9.17) is 5.14 Å². The van der Waals surface area contributed by atoms with Crippen LogP contribution < -0.4 is 15.8 Å². The number of carbonyl (C=O) groups is 1. The molecule has 30 heavy (non-hydrogen) atoms. The lowest BCUT2D eigenvalue weighted by Gasteiger charge is -2.06. The second-order valence-electron chi connectivity index (χ2n) is 6.25. The van der Waals surface area contributed by atoms with Crippen LogP contribution in [0.25, 0.3) is 11.3 Å². The van der Waals surface area contributed by atoms with Crippen LogP contribution in [0.3, 0.4) is 0 Å². The first-order valence-electron chi connectivity index (χ1n) is 8.51. The number of anilines is 2. The molecular formula is C18H17N5O5S2. The van der Waals surface area contributed by atoms with Gasteiger partial charge in [0, 0.05) is 30.5 Å². The Balaban J connectivity index is 1.80. The average molecular weight is 447 g/mol. The van der Waals surface area contributed by atoms with Crippen molar-refractivity contribution in [1.82, 2.24) is 10.3 Å². The van der Waals surface area contributed by atoms with E-state index in [1.54, 1.807) is 5.38 Å². The quantitative estimate of drug-likeness (QED) is 0.371. The number of amides is 1. The summed E-state index contributed by atoms with van der Waals surface area (Å²) in [7, 11) is -4.06. The minimum Gasteiger partial charge on any atom is -0.352 e. The molecule has 4 N–H and O–H groups in total. The maximum atomic E-state index is 11.4. The number of nitrogens with two attached hydrogens (primary N) is 1. The van der Waals surface area contributed by atoms with Crippen LogP contribution in [-0.2, 0) is 21.4 Å². The number of nitrogens with one attached hydrogen (secondary N) is 2. The van der Waals surface area contributed by atoms with Crippen LogP contribution in [0.15, 0.2) is 52.7 Å². The fourth-order valence-corrected chi connectivity index (χ4v) is 3.81. The van der Waals surface area contributed by atoms with Crippen molar-refractivity contribution in [2.24, 2.45) is 5.14 Å². The number of hydrogen-bond acceptors (Lipinski definition) is 8. The van der Waals surface area contributed by atoms with Gasteiger partial charge in [-0.15, -0.1) is 11.3 Å². The third kappa shape index (κ3) is 5.17. The van der Waals surface area contributed by atoms with Crippen molar-refractivity contribution in [1.29, 1.82) is 0 Å². The van der Waals surface area contributed by atoms with Crippen molar-refractivity contribution < 1.29 is 18.1 Å². The Kier molecular flexibility index (Phi) is 6.10. The molecule has 3 rings (SSSR count). The molecule has 0 bridgehead atoms. The van der Waals surface area contributed by atoms with Gasteiger partial charge in [0.05, 0.1) is 15.5 Å². The highest BCUT2D eigenvalue weighted by Gasteiger charge is 2.20. The van der Waals surface area contributed by atoms with Gasteiger partial charge in [-0.25, -0.2) is 18.5 Å². The largest absolute Gasteiger partial charge is 0.352 e. The molecule has 3 aromatic rings. The van der Waals surface area contributed by atoms with Gasteiger partial charge in [0.25, 0.3) is 5.69 Å². The van der Waals surface area contributed by atoms with Gasteiger partial charge in [0.2, 0.25) is 15.9 Å². The van der Waals surface area contributed by atoms with Crippen molar-refractivity contribution in [3.63, 3.8) is 0 Å². The molecule has 12 heteroatoms. The zero-order valence-electron chi connectivity index (χ0n) is 15.7. The summed E-state index contributed by atoms with van der Waals surface area (Å²) in [5, 5.41) is 24.1. The van der Waals surface area contributed by atoms with Gasteiger partial charge in [-0.3, -0.25) is 14.9 Å². The van der Waals surface area contributed by atoms with E-state index in [1.807, 2.05) is 24.3 Å². The van der Waals surface area contributed by atoms with E-state index in [1.165, 1.54) is 30.4 Å². The second-order valence-corrected chi connectivity index (χ2v) is 8.67. The van der Waals surface area contributed by atoms with Crippen LogP contribution in [0, 0.1) is 10.1 Å². The number of nitro groups is 1. The Hall–Kier alpha value is -3.35. The van der Waals surface area contributed by atoms with Crippen molar-refractivity contribution in [3.05, 3.63) is 63.5 Å². The molecule has 0 fully saturated rings. The third-order valence-electron chi connectivity index (χ3n) is 4.03. The summed E-state index contributed by atoms with van der Waals surface area (Å²) >= 11 is 1.24. The number of rotatable bonds is 7. The van der Waals surface area contributed by atoms with Crippen molar-refractivity contribution in [2.75, 3.05) is 5.32 Å². The molecule has 0 aliphatic heterocycles. The van der Waals surface area contributed by atoms with Gasteiger partial charge in [-0.1, -0.05) is 24.3 Å². The van der Waals surface area contributed by atoms with Crippen molar-refractivity contribution in [3.8, 4) is 11.3 Å². The number of sulfonamides is 1. The summed E-state index contributed by atoms with van der Waals surface area (Å²) in [4.78, 5) is 25.7. The summed E-state index contributed by atoms with van der Waals surface area (Å²) in [6.07, 6.45) is 0. The molecule has 156 valence electrons. The number of hydrogen-bond donors (Lipinski definition) is 3. The highest BCUT2D eigenvalue weighted by Crippen LogP contribution is 2.32. The highest BCUT2D eigenvalue weighted by atomic mass is 32.2. The highest BCUT2D eigenvalue weighted by molar-refractivity contribution is 7.89. The topological polar surface area (TPSA) is 157 Å². The fourth-order valence-electron chi connectivity index (χ4n) is 2.54. The standard InChI is InChI=1S/C18H17N5O5S2/c1-11(24)20-9-12-2-4-13(5-3-12)16-10-29-18(22-16)21-15-7-6-14(30(19,27)28)8-17(15)23(25)26/h2-8,10H,9H2,1H3,(H,20,24)(H,21,22)(H2,19,27,28). The number of primary sulfonamides is 1. The second kappa shape index (κ2) is 8.57. The Morgan fingerprint density at radius 1 is 1.23 bits per heavy atom. The molecule has 1 amide bonds. The Morgan fingerprint density at radius 2 is 1.93 bits per heavy atom. The molecule has 1 aromatic heterocycles. The lowest BCUT2D eigenvalue weighted by molar-refractivity contribution is -0.384. The Labute approximate surface area is 176 Å². The lowest BCUT2D eigenvalue weighted by atomic mass is 10.1. The fraction of sp³-hybridized carbons (Fsp3) is 0.111. The molecule has 0 spiro atoms. The average Bonchev–Trinajstić information content (AvgIpc) is 3.14.